The van der Waals surface area contributed by atoms with Gasteiger partial charge in [-0.2, -0.15) is 13.2 Å². The SMILES string of the molecule is CC(=O)N[C@@H](Cc1cc(F)cc(F)c1)[C@H](O)CN[C@H]1CC2(CCC2)Oc2ncc(C(F)(F)F)cc21. The molecule has 11 heteroatoms. The Morgan fingerprint density at radius 1 is 1.23 bits per heavy atom. The number of aliphatic hydroxyl groups is 1. The van der Waals surface area contributed by atoms with Crippen LogP contribution < -0.4 is 15.4 Å². The number of nitrogens with zero attached hydrogens (tertiary/aromatic N) is 1. The molecule has 0 radical (unpaired) electrons. The fraction of sp³-hybridized carbons (Fsp3) is 0.500. The molecule has 1 saturated carbocycles. The summed E-state index contributed by atoms with van der Waals surface area (Å²) in [4.78, 5) is 15.6. The highest BCUT2D eigenvalue weighted by Gasteiger charge is 2.47. The topological polar surface area (TPSA) is 83.5 Å². The van der Waals surface area contributed by atoms with Crippen LogP contribution in [0.3, 0.4) is 0 Å². The Labute approximate surface area is 198 Å². The molecular formula is C24H26F5N3O3. The summed E-state index contributed by atoms with van der Waals surface area (Å²) >= 11 is 0. The Kier molecular flexibility index (Phi) is 7.01. The molecule has 3 N–H and O–H groups in total. The van der Waals surface area contributed by atoms with Crippen molar-refractivity contribution in [3.05, 3.63) is 58.8 Å². The van der Waals surface area contributed by atoms with E-state index < -0.39 is 53.1 Å². The molecule has 35 heavy (non-hydrogen) atoms. The fourth-order valence-electron chi connectivity index (χ4n) is 4.68. The first-order chi connectivity index (χ1) is 16.4. The maximum atomic E-state index is 13.6. The van der Waals surface area contributed by atoms with Gasteiger partial charge in [-0.05, 0) is 49.4 Å². The molecule has 0 bridgehead atoms. The Balaban J connectivity index is 1.52. The number of carbonyl (C=O) groups excluding carboxylic acids is 1. The van der Waals surface area contributed by atoms with Crippen LogP contribution in [0.5, 0.6) is 5.88 Å². The molecule has 2 aliphatic rings. The van der Waals surface area contributed by atoms with Gasteiger partial charge >= 0.3 is 6.18 Å². The number of alkyl halides is 3. The van der Waals surface area contributed by atoms with Gasteiger partial charge in [0, 0.05) is 43.8 Å². The van der Waals surface area contributed by atoms with Gasteiger partial charge in [0.05, 0.1) is 17.7 Å². The van der Waals surface area contributed by atoms with Crippen molar-refractivity contribution in [2.75, 3.05) is 6.54 Å². The van der Waals surface area contributed by atoms with E-state index >= 15 is 0 Å². The van der Waals surface area contributed by atoms with Gasteiger partial charge in [-0.25, -0.2) is 13.8 Å². The maximum absolute atomic E-state index is 13.6. The highest BCUT2D eigenvalue weighted by Crippen LogP contribution is 2.49. The molecule has 1 aliphatic heterocycles. The van der Waals surface area contributed by atoms with Crippen LogP contribution in [0.1, 0.15) is 55.3 Å². The van der Waals surface area contributed by atoms with Crippen molar-refractivity contribution in [3.8, 4) is 5.88 Å². The van der Waals surface area contributed by atoms with E-state index in [4.69, 9.17) is 4.74 Å². The molecule has 1 spiro atoms. The first-order valence-electron chi connectivity index (χ1n) is 11.3. The number of pyridine rings is 1. The summed E-state index contributed by atoms with van der Waals surface area (Å²) in [5.74, 6) is -1.89. The van der Waals surface area contributed by atoms with Crippen LogP contribution in [0, 0.1) is 11.6 Å². The van der Waals surface area contributed by atoms with Crippen molar-refractivity contribution in [3.63, 3.8) is 0 Å². The molecule has 1 aliphatic carbocycles. The molecule has 190 valence electrons. The number of rotatable bonds is 7. The van der Waals surface area contributed by atoms with E-state index in [1.165, 1.54) is 6.92 Å². The van der Waals surface area contributed by atoms with Crippen molar-refractivity contribution in [1.82, 2.24) is 15.6 Å². The Morgan fingerprint density at radius 2 is 1.91 bits per heavy atom. The van der Waals surface area contributed by atoms with Crippen LogP contribution in [0.25, 0.3) is 0 Å². The largest absolute Gasteiger partial charge is 0.471 e. The molecule has 1 amide bonds. The highest BCUT2D eigenvalue weighted by molar-refractivity contribution is 5.73. The Morgan fingerprint density at radius 3 is 2.49 bits per heavy atom. The van der Waals surface area contributed by atoms with Gasteiger partial charge in [0.25, 0.3) is 0 Å². The Bertz CT molecular complexity index is 1070. The van der Waals surface area contributed by atoms with Gasteiger partial charge in [-0.15, -0.1) is 0 Å². The molecule has 3 atom stereocenters. The lowest BCUT2D eigenvalue weighted by atomic mass is 9.73. The van der Waals surface area contributed by atoms with E-state index in [-0.39, 0.29) is 30.0 Å². The van der Waals surface area contributed by atoms with Crippen molar-refractivity contribution in [2.45, 2.75) is 69.0 Å². The van der Waals surface area contributed by atoms with Crippen LogP contribution in [0.2, 0.25) is 0 Å². The third kappa shape index (κ3) is 5.90. The number of aromatic nitrogens is 1. The number of ether oxygens (including phenoxy) is 1. The Hall–Kier alpha value is -2.79. The number of benzene rings is 1. The number of hydrogen-bond acceptors (Lipinski definition) is 5. The highest BCUT2D eigenvalue weighted by atomic mass is 19.4. The molecule has 0 unspecified atom stereocenters. The summed E-state index contributed by atoms with van der Waals surface area (Å²) in [7, 11) is 0. The predicted molar refractivity (Wildman–Crippen MR) is 115 cm³/mol. The summed E-state index contributed by atoms with van der Waals surface area (Å²) in [5, 5.41) is 16.5. The normalized spacial score (nSPS) is 20.4. The smallest absolute Gasteiger partial charge is 0.417 e. The zero-order chi connectivity index (χ0) is 25.4. The minimum absolute atomic E-state index is 0.0504. The van der Waals surface area contributed by atoms with Gasteiger partial charge in [0.2, 0.25) is 11.8 Å². The van der Waals surface area contributed by atoms with Crippen LogP contribution in [-0.4, -0.2) is 40.3 Å². The average Bonchev–Trinajstić information content (AvgIpc) is 2.73. The molecule has 6 nitrogen and oxygen atoms in total. The number of aliphatic hydroxyl groups excluding tert-OH is 1. The standard InChI is InChI=1S/C24H26F5N3O3/c1-13(33)32-19(7-14-5-16(25)9-17(26)6-14)21(34)12-30-20-10-23(3-2-4-23)35-22-18(20)8-15(11-31-22)24(27,28)29/h5-6,8-9,11,19-21,30,34H,2-4,7,10,12H2,1H3,(H,32,33)/t19-,20-,21+/m0/s1. The molecule has 0 saturated heterocycles. The molecule has 4 rings (SSSR count). The molecule has 1 fully saturated rings. The van der Waals surface area contributed by atoms with Crippen LogP contribution >= 0.6 is 0 Å². The quantitative estimate of drug-likeness (QED) is 0.505. The lowest BCUT2D eigenvalue weighted by Gasteiger charge is -2.47. The van der Waals surface area contributed by atoms with E-state index in [9.17, 15) is 31.9 Å². The lowest BCUT2D eigenvalue weighted by molar-refractivity contribution is -0.138. The van der Waals surface area contributed by atoms with Crippen molar-refractivity contribution in [2.24, 2.45) is 0 Å². The average molecular weight is 499 g/mol. The number of hydrogen-bond donors (Lipinski definition) is 3. The second-order valence-corrected chi connectivity index (χ2v) is 9.28. The number of carbonyl (C=O) groups is 1. The monoisotopic (exact) mass is 499 g/mol. The second kappa shape index (κ2) is 9.69. The predicted octanol–water partition coefficient (Wildman–Crippen LogP) is 3.82. The zero-order valence-electron chi connectivity index (χ0n) is 19.0. The summed E-state index contributed by atoms with van der Waals surface area (Å²) in [6.07, 6.45) is -2.26. The maximum Gasteiger partial charge on any atom is 0.417 e. The van der Waals surface area contributed by atoms with E-state index in [2.05, 4.69) is 15.6 Å². The number of amides is 1. The van der Waals surface area contributed by atoms with Crippen molar-refractivity contribution >= 4 is 5.91 Å². The van der Waals surface area contributed by atoms with E-state index in [1.54, 1.807) is 0 Å². The van der Waals surface area contributed by atoms with Gasteiger partial charge in [-0.1, -0.05) is 0 Å². The molecule has 2 heterocycles. The van der Waals surface area contributed by atoms with Crippen LogP contribution in [0.4, 0.5) is 22.0 Å². The summed E-state index contributed by atoms with van der Waals surface area (Å²) in [6.45, 7) is 1.15. The van der Waals surface area contributed by atoms with Crippen LogP contribution in [-0.2, 0) is 17.4 Å². The zero-order valence-corrected chi connectivity index (χ0v) is 19.0. The summed E-state index contributed by atoms with van der Waals surface area (Å²) in [5.41, 5.74) is -0.934. The van der Waals surface area contributed by atoms with Crippen molar-refractivity contribution < 1.29 is 36.6 Å². The number of nitrogens with one attached hydrogen (secondary N) is 2. The minimum atomic E-state index is -4.57. The first-order valence-corrected chi connectivity index (χ1v) is 11.3. The third-order valence-electron chi connectivity index (χ3n) is 6.54. The van der Waals surface area contributed by atoms with E-state index in [0.29, 0.717) is 6.42 Å². The molecule has 1 aromatic carbocycles. The fourth-order valence-corrected chi connectivity index (χ4v) is 4.68. The molecule has 1 aromatic heterocycles. The van der Waals surface area contributed by atoms with E-state index in [0.717, 1.165) is 49.7 Å². The van der Waals surface area contributed by atoms with Gasteiger partial charge in [0.1, 0.15) is 17.2 Å². The number of halogens is 5. The first kappa shape index (κ1) is 25.3. The van der Waals surface area contributed by atoms with E-state index in [1.807, 2.05) is 0 Å². The van der Waals surface area contributed by atoms with Gasteiger partial charge in [-0.3, -0.25) is 4.79 Å². The molecular weight excluding hydrogens is 473 g/mol. The second-order valence-electron chi connectivity index (χ2n) is 9.28. The third-order valence-corrected chi connectivity index (χ3v) is 6.54. The van der Waals surface area contributed by atoms with Crippen molar-refractivity contribution in [1.29, 1.82) is 0 Å². The summed E-state index contributed by atoms with van der Waals surface area (Å²) < 4.78 is 73.0. The van der Waals surface area contributed by atoms with Gasteiger partial charge < -0.3 is 20.5 Å². The lowest BCUT2D eigenvalue weighted by Crippen LogP contribution is -2.52. The summed E-state index contributed by atoms with van der Waals surface area (Å²) in [6, 6.07) is 2.47. The van der Waals surface area contributed by atoms with Gasteiger partial charge in [0.15, 0.2) is 0 Å². The molecule has 2 aromatic rings. The van der Waals surface area contributed by atoms with Crippen LogP contribution in [0.15, 0.2) is 30.5 Å². The minimum Gasteiger partial charge on any atom is -0.471 e. The number of fused-ring (bicyclic) bond motifs is 1.